The van der Waals surface area contributed by atoms with Crippen LogP contribution in [0.25, 0.3) is 45.6 Å². The molecular weight excluding hydrogens is 945 g/mol. The van der Waals surface area contributed by atoms with E-state index < -0.39 is 27.8 Å². The molecule has 0 spiro atoms. The van der Waals surface area contributed by atoms with Gasteiger partial charge in [-0.3, -0.25) is 0 Å². The molecule has 8 rings (SSSR count). The van der Waals surface area contributed by atoms with Crippen LogP contribution in [0.2, 0.25) is 0 Å². The summed E-state index contributed by atoms with van der Waals surface area (Å²) in [6.07, 6.45) is 5.77. The maximum absolute atomic E-state index is 12.9. The van der Waals surface area contributed by atoms with Crippen molar-refractivity contribution in [2.45, 2.75) is 59.7 Å². The Hall–Kier alpha value is -4.74. The maximum atomic E-state index is 12.9. The van der Waals surface area contributed by atoms with Crippen molar-refractivity contribution in [1.29, 1.82) is 0 Å². The molecule has 0 aliphatic heterocycles. The number of carbonyl (C=O) groups is 2. The van der Waals surface area contributed by atoms with Crippen LogP contribution in [0, 0.1) is 0 Å². The summed E-state index contributed by atoms with van der Waals surface area (Å²) in [5.74, 6) is 0. The van der Waals surface area contributed by atoms with Crippen LogP contribution in [-0.4, -0.2) is 17.4 Å². The number of allylic oxidation sites excluding steroid dienone is 2. The SMILES string of the molecule is CC(C)(C)c1ccccc1-c1cccc2c1C=C(c1ccccc1)[CH]2[Hf]([Cl])([Cl])([B](NC=O)NC=O)[CH]1C(c2ccccc2)=Cc2c(-c3ccccc3C(C)(C)C)cccc21. The van der Waals surface area contributed by atoms with Crippen LogP contribution in [0.15, 0.2) is 146 Å². The molecule has 0 bridgehead atoms. The fraction of sp³-hybridized carbons (Fsp3) is 0.192. The first-order chi connectivity index (χ1) is 28.7. The topological polar surface area (TPSA) is 58.2 Å². The van der Waals surface area contributed by atoms with E-state index in [0.717, 1.165) is 66.8 Å². The van der Waals surface area contributed by atoms with Gasteiger partial charge >= 0.3 is 366 Å². The zero-order valence-corrected chi connectivity index (χ0v) is 40.1. The summed E-state index contributed by atoms with van der Waals surface area (Å²) in [6, 6.07) is 50.6. The summed E-state index contributed by atoms with van der Waals surface area (Å²) in [4.78, 5) is 25.7. The van der Waals surface area contributed by atoms with Gasteiger partial charge < -0.3 is 0 Å². The van der Waals surface area contributed by atoms with E-state index in [4.69, 9.17) is 17.2 Å². The van der Waals surface area contributed by atoms with Gasteiger partial charge in [0, 0.05) is 0 Å². The van der Waals surface area contributed by atoms with E-state index in [1.807, 2.05) is 36.4 Å². The number of amides is 2. The third-order valence-corrected chi connectivity index (χ3v) is 40.8. The van der Waals surface area contributed by atoms with Gasteiger partial charge in [-0.1, -0.05) is 0 Å². The van der Waals surface area contributed by atoms with Crippen molar-refractivity contribution in [3.8, 4) is 22.3 Å². The van der Waals surface area contributed by atoms with Gasteiger partial charge in [-0.2, -0.15) is 0 Å². The first kappa shape index (κ1) is 42.0. The molecule has 6 aromatic rings. The molecule has 2 amide bonds. The molecule has 0 radical (unpaired) electrons. The van der Waals surface area contributed by atoms with Crippen LogP contribution in [0.4, 0.5) is 0 Å². The minimum absolute atomic E-state index is 0.133. The minimum atomic E-state index is -6.42. The van der Waals surface area contributed by atoms with E-state index in [1.165, 1.54) is 11.1 Å². The third kappa shape index (κ3) is 7.09. The van der Waals surface area contributed by atoms with Gasteiger partial charge in [-0.25, -0.2) is 0 Å². The van der Waals surface area contributed by atoms with Crippen molar-refractivity contribution in [2.24, 2.45) is 0 Å². The normalized spacial score (nSPS) is 16.7. The van der Waals surface area contributed by atoms with Crippen molar-refractivity contribution in [3.05, 3.63) is 190 Å². The molecular formula is C52H50BCl2HfN2O2. The molecule has 0 saturated heterocycles. The van der Waals surface area contributed by atoms with E-state index in [9.17, 15) is 9.59 Å². The third-order valence-electron chi connectivity index (χ3n) is 12.5. The fourth-order valence-corrected chi connectivity index (χ4v) is 38.2. The average molecular weight is 995 g/mol. The number of benzene rings is 6. The summed E-state index contributed by atoms with van der Waals surface area (Å²) in [6.45, 7) is 13.4. The molecule has 2 N–H and O–H groups in total. The van der Waals surface area contributed by atoms with Gasteiger partial charge in [-0.05, 0) is 0 Å². The summed E-state index contributed by atoms with van der Waals surface area (Å²) in [7, 11) is 17.9. The summed E-state index contributed by atoms with van der Waals surface area (Å²) in [5.41, 5.74) is 14.5. The van der Waals surface area contributed by atoms with Gasteiger partial charge in [-0.15, -0.1) is 0 Å². The van der Waals surface area contributed by atoms with E-state index in [0.29, 0.717) is 12.8 Å². The van der Waals surface area contributed by atoms with Crippen molar-refractivity contribution < 1.29 is 25.5 Å². The second-order valence-corrected chi connectivity index (χ2v) is 48.7. The molecule has 2 atom stereocenters. The summed E-state index contributed by atoms with van der Waals surface area (Å²) < 4.78 is -2.23. The molecule has 60 heavy (non-hydrogen) atoms. The first-order valence-electron chi connectivity index (χ1n) is 20.6. The standard InChI is InChI=1S/2C25H23.C2H3BN2O2.2ClH.Hf/c2*1-25(2,3)24-15-8-7-13-22(24)21-14-9-12-19-16-20(17-23(19)21)18-10-5-4-6-11-18;6-1-4-3-5-2-7;;;/h2*4-17H,1-3H3;1-2H,(H-,4,5,6,7);2*1H;/q;;;;;+1/p-1. The van der Waals surface area contributed by atoms with Gasteiger partial charge in [0.05, 0.1) is 0 Å². The van der Waals surface area contributed by atoms with Crippen molar-refractivity contribution in [2.75, 3.05) is 0 Å². The molecule has 4 nitrogen and oxygen atoms in total. The molecule has 0 fully saturated rings. The second-order valence-electron chi connectivity index (χ2n) is 18.2. The number of halogens is 2. The van der Waals surface area contributed by atoms with Crippen LogP contribution in [-0.2, 0) is 36.3 Å². The van der Waals surface area contributed by atoms with Crippen LogP contribution >= 0.6 is 17.2 Å². The number of rotatable bonds is 11. The predicted octanol–water partition coefficient (Wildman–Crippen LogP) is 13.0. The van der Waals surface area contributed by atoms with Crippen LogP contribution in [0.3, 0.4) is 0 Å². The monoisotopic (exact) mass is 995 g/mol. The van der Waals surface area contributed by atoms with E-state index in [-0.39, 0.29) is 10.8 Å². The van der Waals surface area contributed by atoms with Crippen LogP contribution < -0.4 is 10.5 Å². The Morgan fingerprint density at radius 2 is 0.833 bits per heavy atom. The molecule has 0 heterocycles. The first-order valence-corrected chi connectivity index (χ1v) is 35.8. The van der Waals surface area contributed by atoms with Crippen molar-refractivity contribution in [3.63, 3.8) is 0 Å². The van der Waals surface area contributed by atoms with E-state index in [2.05, 4.69) is 173 Å². The molecule has 0 saturated carbocycles. The number of fused-ring (bicyclic) bond motifs is 2. The average Bonchev–Trinajstić information content (AvgIpc) is 3.85. The van der Waals surface area contributed by atoms with Crippen LogP contribution in [0.5, 0.6) is 0 Å². The number of hydrogen-bond acceptors (Lipinski definition) is 2. The molecule has 6 aromatic carbocycles. The number of nitrogens with one attached hydrogen (secondary N) is 2. The van der Waals surface area contributed by atoms with E-state index in [1.54, 1.807) is 0 Å². The van der Waals surface area contributed by atoms with E-state index >= 15 is 0 Å². The van der Waals surface area contributed by atoms with Crippen molar-refractivity contribution >= 4 is 57.8 Å². The summed E-state index contributed by atoms with van der Waals surface area (Å²) >= 11 is -6.42. The Labute approximate surface area is 363 Å². The molecule has 2 aliphatic rings. The second kappa shape index (κ2) is 15.9. The summed E-state index contributed by atoms with van der Waals surface area (Å²) in [5, 5.41) is 6.06. The fourth-order valence-electron chi connectivity index (χ4n) is 9.97. The predicted molar refractivity (Wildman–Crippen MR) is 251 cm³/mol. The van der Waals surface area contributed by atoms with Gasteiger partial charge in [0.2, 0.25) is 0 Å². The molecule has 8 heteroatoms. The Kier molecular flexibility index (Phi) is 11.1. The Balaban J connectivity index is 1.49. The molecule has 2 aliphatic carbocycles. The zero-order valence-electron chi connectivity index (χ0n) is 35.0. The van der Waals surface area contributed by atoms with Gasteiger partial charge in [0.15, 0.2) is 0 Å². The van der Waals surface area contributed by atoms with Gasteiger partial charge in [0.25, 0.3) is 0 Å². The quantitative estimate of drug-likeness (QED) is 0.100. The molecule has 2 unspecified atom stereocenters. The molecule has 301 valence electrons. The Morgan fingerprint density at radius 1 is 0.483 bits per heavy atom. The van der Waals surface area contributed by atoms with Crippen molar-refractivity contribution in [1.82, 2.24) is 10.5 Å². The number of carbonyl (C=O) groups excluding carboxylic acids is 2. The molecule has 0 aromatic heterocycles. The zero-order chi connectivity index (χ0) is 42.5. The Morgan fingerprint density at radius 3 is 1.20 bits per heavy atom. The number of hydrogen-bond donors (Lipinski definition) is 2. The van der Waals surface area contributed by atoms with Gasteiger partial charge in [0.1, 0.15) is 0 Å². The van der Waals surface area contributed by atoms with Crippen LogP contribution in [0.1, 0.15) is 93.4 Å². The Bertz CT molecular complexity index is 2500.